The highest BCUT2D eigenvalue weighted by molar-refractivity contribution is 14.1. The number of nitrogen functional groups attached to an aromatic ring is 1. The molecule has 0 atom stereocenters. The molecule has 1 aromatic rings. The second kappa shape index (κ2) is 2.13. The van der Waals surface area contributed by atoms with Gasteiger partial charge in [-0.2, -0.15) is 9.49 Å². The number of hydrogen-bond donors (Lipinski definition) is 1. The highest BCUT2D eigenvalue weighted by atomic mass is 127. The van der Waals surface area contributed by atoms with E-state index in [0.717, 1.165) is 4.68 Å². The Morgan fingerprint density at radius 1 is 1.78 bits per heavy atom. The first kappa shape index (κ1) is 6.79. The molecule has 0 unspecified atom stereocenters. The molecule has 1 rings (SSSR count). The maximum atomic E-state index is 12.5. The van der Waals surface area contributed by atoms with Gasteiger partial charge in [0.15, 0.2) is 0 Å². The van der Waals surface area contributed by atoms with Crippen molar-refractivity contribution in [2.75, 3.05) is 5.73 Å². The van der Waals surface area contributed by atoms with Gasteiger partial charge in [-0.1, -0.05) is 0 Å². The fourth-order valence-electron chi connectivity index (χ4n) is 0.489. The molecule has 9 heavy (non-hydrogen) atoms. The molecule has 0 fully saturated rings. The maximum Gasteiger partial charge on any atom is 0.235 e. The van der Waals surface area contributed by atoms with E-state index < -0.39 is 5.95 Å². The molecule has 5 heteroatoms. The minimum atomic E-state index is -0.473. The van der Waals surface area contributed by atoms with Crippen molar-refractivity contribution in [3.63, 3.8) is 0 Å². The Morgan fingerprint density at radius 3 is 2.44 bits per heavy atom. The molecule has 0 aliphatic rings. The van der Waals surface area contributed by atoms with Gasteiger partial charge < -0.3 is 5.73 Å². The summed E-state index contributed by atoms with van der Waals surface area (Å²) < 4.78 is 14.1. The quantitative estimate of drug-likeness (QED) is 0.681. The summed E-state index contributed by atoms with van der Waals surface area (Å²) in [5.41, 5.74) is 5.36. The highest BCUT2D eigenvalue weighted by Gasteiger charge is 2.08. The number of halogens is 2. The van der Waals surface area contributed by atoms with Gasteiger partial charge in [-0.25, -0.2) is 4.68 Å². The molecule has 1 aromatic heterocycles. The van der Waals surface area contributed by atoms with Crippen molar-refractivity contribution in [1.29, 1.82) is 0 Å². The smallest absolute Gasteiger partial charge is 0.235 e. The third-order valence-electron chi connectivity index (χ3n) is 0.966. The third kappa shape index (κ3) is 1.00. The Morgan fingerprint density at radius 2 is 2.33 bits per heavy atom. The third-order valence-corrected chi connectivity index (χ3v) is 1.76. The van der Waals surface area contributed by atoms with E-state index in [1.54, 1.807) is 0 Å². The van der Waals surface area contributed by atoms with Gasteiger partial charge in [0.25, 0.3) is 0 Å². The largest absolute Gasteiger partial charge is 0.393 e. The van der Waals surface area contributed by atoms with Crippen LogP contribution in [0.5, 0.6) is 0 Å². The fraction of sp³-hybridized carbons (Fsp3) is 0.250. The summed E-state index contributed by atoms with van der Waals surface area (Å²) in [5.74, 6) is -0.473. The first-order valence-electron chi connectivity index (χ1n) is 2.26. The summed E-state index contributed by atoms with van der Waals surface area (Å²) in [7, 11) is 1.51. The number of nitrogens with zero attached hydrogens (tertiary/aromatic N) is 2. The monoisotopic (exact) mass is 241 g/mol. The zero-order chi connectivity index (χ0) is 7.02. The lowest BCUT2D eigenvalue weighted by molar-refractivity contribution is 0.506. The Bertz CT molecular complexity index is 209. The van der Waals surface area contributed by atoms with Crippen LogP contribution in [-0.2, 0) is 7.05 Å². The standard InChI is InChI=1S/C4H5FIN3/c1-9-3(5)2(7)4(6)8-9/h7H2,1H3. The Balaban J connectivity index is 3.29. The molecule has 0 bridgehead atoms. The van der Waals surface area contributed by atoms with Gasteiger partial charge >= 0.3 is 0 Å². The average Bonchev–Trinajstić information content (AvgIpc) is 1.98. The van der Waals surface area contributed by atoms with E-state index in [0.29, 0.717) is 3.70 Å². The molecule has 2 N–H and O–H groups in total. The SMILES string of the molecule is Cn1nc(I)c(N)c1F. The maximum absolute atomic E-state index is 12.5. The van der Waals surface area contributed by atoms with Crippen LogP contribution < -0.4 is 5.73 Å². The zero-order valence-corrected chi connectivity index (χ0v) is 6.89. The van der Waals surface area contributed by atoms with Crippen LogP contribution in [0.25, 0.3) is 0 Å². The van der Waals surface area contributed by atoms with Crippen LogP contribution in [0.1, 0.15) is 0 Å². The van der Waals surface area contributed by atoms with Crippen molar-refractivity contribution < 1.29 is 4.39 Å². The summed E-state index contributed by atoms with van der Waals surface area (Å²) in [6.45, 7) is 0. The van der Waals surface area contributed by atoms with Crippen LogP contribution in [0.2, 0.25) is 0 Å². The van der Waals surface area contributed by atoms with Gasteiger partial charge in [-0.3, -0.25) is 0 Å². The molecule has 0 aromatic carbocycles. The molecular formula is C4H5FIN3. The van der Waals surface area contributed by atoms with E-state index in [4.69, 9.17) is 5.73 Å². The van der Waals surface area contributed by atoms with Gasteiger partial charge in [-0.05, 0) is 22.6 Å². The topological polar surface area (TPSA) is 43.8 Å². The van der Waals surface area contributed by atoms with Crippen LogP contribution in [-0.4, -0.2) is 9.78 Å². The average molecular weight is 241 g/mol. The summed E-state index contributed by atoms with van der Waals surface area (Å²) in [4.78, 5) is 0. The molecule has 0 saturated carbocycles. The molecule has 0 saturated heterocycles. The van der Waals surface area contributed by atoms with Gasteiger partial charge in [0.2, 0.25) is 5.95 Å². The van der Waals surface area contributed by atoms with Crippen molar-refractivity contribution in [2.24, 2.45) is 7.05 Å². The van der Waals surface area contributed by atoms with Crippen LogP contribution in [0.15, 0.2) is 0 Å². The summed E-state index contributed by atoms with van der Waals surface area (Å²) in [6, 6.07) is 0. The fourth-order valence-corrected chi connectivity index (χ4v) is 1.04. The lowest BCUT2D eigenvalue weighted by Gasteiger charge is -1.85. The van der Waals surface area contributed by atoms with Crippen LogP contribution in [0.3, 0.4) is 0 Å². The van der Waals surface area contributed by atoms with Crippen molar-refractivity contribution in [2.45, 2.75) is 0 Å². The normalized spacial score (nSPS) is 10.1. The molecule has 1 heterocycles. The molecule has 0 aliphatic heterocycles. The van der Waals surface area contributed by atoms with Crippen molar-refractivity contribution in [3.8, 4) is 0 Å². The number of nitrogens with two attached hydrogens (primary N) is 1. The van der Waals surface area contributed by atoms with E-state index in [-0.39, 0.29) is 5.69 Å². The molecule has 50 valence electrons. The Hall–Kier alpha value is -0.330. The van der Waals surface area contributed by atoms with Crippen LogP contribution in [0, 0.1) is 9.65 Å². The Kier molecular flexibility index (Phi) is 1.60. The van der Waals surface area contributed by atoms with Crippen molar-refractivity contribution in [3.05, 3.63) is 9.65 Å². The number of aromatic nitrogens is 2. The minimum Gasteiger partial charge on any atom is -0.393 e. The molecule has 0 amide bonds. The van der Waals surface area contributed by atoms with E-state index in [1.807, 2.05) is 22.6 Å². The van der Waals surface area contributed by atoms with Gasteiger partial charge in [0, 0.05) is 7.05 Å². The van der Waals surface area contributed by atoms with Gasteiger partial charge in [-0.15, -0.1) is 0 Å². The van der Waals surface area contributed by atoms with E-state index in [2.05, 4.69) is 5.10 Å². The van der Waals surface area contributed by atoms with Crippen LogP contribution >= 0.6 is 22.6 Å². The first-order valence-corrected chi connectivity index (χ1v) is 3.34. The van der Waals surface area contributed by atoms with E-state index in [1.165, 1.54) is 7.05 Å². The highest BCUT2D eigenvalue weighted by Crippen LogP contribution is 2.15. The molecule has 0 radical (unpaired) electrons. The zero-order valence-electron chi connectivity index (χ0n) is 4.73. The molecule has 3 nitrogen and oxygen atoms in total. The Labute approximate surface area is 65.2 Å². The van der Waals surface area contributed by atoms with Gasteiger partial charge in [0.05, 0.1) is 0 Å². The predicted molar refractivity (Wildman–Crippen MR) is 40.3 cm³/mol. The molecular weight excluding hydrogens is 236 g/mol. The second-order valence-electron chi connectivity index (χ2n) is 1.62. The lowest BCUT2D eigenvalue weighted by atomic mass is 10.6. The molecule has 0 spiro atoms. The second-order valence-corrected chi connectivity index (χ2v) is 2.64. The van der Waals surface area contributed by atoms with Crippen LogP contribution in [0.4, 0.5) is 10.1 Å². The summed E-state index contributed by atoms with van der Waals surface area (Å²) >= 11 is 1.87. The number of anilines is 1. The first-order chi connectivity index (χ1) is 4.13. The number of hydrogen-bond acceptors (Lipinski definition) is 2. The van der Waals surface area contributed by atoms with Crippen molar-refractivity contribution >= 4 is 28.3 Å². The van der Waals surface area contributed by atoms with Gasteiger partial charge in [0.1, 0.15) is 9.39 Å². The number of aryl methyl sites for hydroxylation is 1. The number of rotatable bonds is 0. The van der Waals surface area contributed by atoms with Crippen molar-refractivity contribution in [1.82, 2.24) is 9.78 Å². The van der Waals surface area contributed by atoms with E-state index >= 15 is 0 Å². The van der Waals surface area contributed by atoms with E-state index in [9.17, 15) is 4.39 Å². The summed E-state index contributed by atoms with van der Waals surface area (Å²) in [5, 5.41) is 3.71. The minimum absolute atomic E-state index is 0.123. The lowest BCUT2D eigenvalue weighted by Crippen LogP contribution is -1.94. The summed E-state index contributed by atoms with van der Waals surface area (Å²) in [6.07, 6.45) is 0. The predicted octanol–water partition coefficient (Wildman–Crippen LogP) is 0.746. The molecule has 0 aliphatic carbocycles.